The molecule has 0 saturated carbocycles. The predicted molar refractivity (Wildman–Crippen MR) is 25.8 cm³/mol. The van der Waals surface area contributed by atoms with Gasteiger partial charge in [0.25, 0.3) is 0 Å². The number of ether oxygens (including phenoxy) is 2. The van der Waals surface area contributed by atoms with Crippen LogP contribution in [0.2, 0.25) is 0 Å². The number of carbonyl (C=O) groups excluding carboxylic acids is 1. The second-order valence-corrected chi connectivity index (χ2v) is 0.986. The average molecular weight is 276 g/mol. The molecule has 0 aromatic heterocycles. The molecule has 0 bridgehead atoms. The van der Waals surface area contributed by atoms with Crippen molar-refractivity contribution >= 4 is 18.5 Å². The molecule has 74 valence electrons. The van der Waals surface area contributed by atoms with E-state index in [1.54, 1.807) is 0 Å². The van der Waals surface area contributed by atoms with E-state index in [4.69, 9.17) is 10.2 Å². The fourth-order valence-electron chi connectivity index (χ4n) is 0.163. The van der Waals surface area contributed by atoms with Crippen molar-refractivity contribution in [2.24, 2.45) is 0 Å². The van der Waals surface area contributed by atoms with Crippen LogP contribution in [0.3, 0.4) is 0 Å². The minimum absolute atomic E-state index is 0. The molecule has 0 amide bonds. The van der Waals surface area contributed by atoms with Gasteiger partial charge in [0.1, 0.15) is 0 Å². The second kappa shape index (κ2) is 15.9. The Morgan fingerprint density at radius 1 is 0.857 bits per heavy atom. The molecule has 0 spiro atoms. The molecule has 0 atom stereocenters. The first-order valence-electron chi connectivity index (χ1n) is 1.88. The molecule has 14 heavy (non-hydrogen) atoms. The molecule has 0 aromatic rings. The zero-order valence-electron chi connectivity index (χ0n) is 9.19. The summed E-state index contributed by atoms with van der Waals surface area (Å²) in [4.78, 5) is 28.8. The molecule has 0 aliphatic carbocycles. The number of hydrogen-bond acceptors (Lipinski definition) is 5. The van der Waals surface area contributed by atoms with Gasteiger partial charge in [0, 0.05) is 34.1 Å². The third-order valence-electron chi connectivity index (χ3n) is 0.341. The van der Waals surface area contributed by atoms with E-state index in [2.05, 4.69) is 9.47 Å². The molecule has 0 heterocycles. The molecule has 0 rings (SSSR count). The molecule has 0 aliphatic heterocycles. The van der Waals surface area contributed by atoms with Crippen molar-refractivity contribution in [3.8, 4) is 0 Å². The SMILES string of the molecule is O=C(O)OC(=O)OC(=O)O.[H-].[H-].[Li+].[Li+].[Mn].[Mn]. The van der Waals surface area contributed by atoms with Gasteiger partial charge < -0.3 is 22.5 Å². The Morgan fingerprint density at radius 2 is 1.07 bits per heavy atom. The van der Waals surface area contributed by atoms with Gasteiger partial charge in [0.05, 0.1) is 0 Å². The van der Waals surface area contributed by atoms with Crippen molar-refractivity contribution in [2.75, 3.05) is 0 Å². The fourth-order valence-corrected chi connectivity index (χ4v) is 0.163. The van der Waals surface area contributed by atoms with Crippen molar-refractivity contribution in [2.45, 2.75) is 0 Å². The van der Waals surface area contributed by atoms with Gasteiger partial charge in [-0.15, -0.1) is 0 Å². The molecule has 2 N–H and O–H groups in total. The van der Waals surface area contributed by atoms with Gasteiger partial charge >= 0.3 is 56.2 Å². The summed E-state index contributed by atoms with van der Waals surface area (Å²) in [5.41, 5.74) is 0. The summed E-state index contributed by atoms with van der Waals surface area (Å²) in [5, 5.41) is 15.4. The van der Waals surface area contributed by atoms with Crippen LogP contribution in [-0.2, 0) is 43.6 Å². The molecule has 0 aliphatic rings. The molecule has 0 fully saturated rings. The maximum atomic E-state index is 9.86. The van der Waals surface area contributed by atoms with E-state index in [0.717, 1.165) is 0 Å². The Bertz CT molecular complexity index is 176. The molecule has 0 unspecified atom stereocenters. The Labute approximate surface area is 127 Å². The van der Waals surface area contributed by atoms with Crippen molar-refractivity contribution in [1.82, 2.24) is 0 Å². The second-order valence-electron chi connectivity index (χ2n) is 0.986. The monoisotopic (exact) mass is 276 g/mol. The van der Waals surface area contributed by atoms with Gasteiger partial charge in [-0.3, -0.25) is 0 Å². The quantitative estimate of drug-likeness (QED) is 0.258. The Balaban J connectivity index is -0.0000000270. The van der Waals surface area contributed by atoms with E-state index in [9.17, 15) is 14.4 Å². The predicted octanol–water partition coefficient (Wildman–Crippen LogP) is -5.28. The normalized spacial score (nSPS) is 5.71. The molecular formula is C3H4Li2Mn2O7. The number of carboxylic acid groups (broad SMARTS) is 2. The maximum Gasteiger partial charge on any atom is 1.00 e. The van der Waals surface area contributed by atoms with Crippen LogP contribution in [0.25, 0.3) is 0 Å². The first-order chi connectivity index (χ1) is 4.52. The van der Waals surface area contributed by atoms with E-state index in [-0.39, 0.29) is 74.7 Å². The molecule has 7 nitrogen and oxygen atoms in total. The van der Waals surface area contributed by atoms with Crippen molar-refractivity contribution in [1.29, 1.82) is 0 Å². The fraction of sp³-hybridized carbons (Fsp3) is 0. The van der Waals surface area contributed by atoms with Crippen LogP contribution in [0.1, 0.15) is 2.85 Å². The maximum absolute atomic E-state index is 9.86. The number of rotatable bonds is 0. The minimum atomic E-state index is -1.92. The van der Waals surface area contributed by atoms with Gasteiger partial charge in [-0.05, 0) is 0 Å². The van der Waals surface area contributed by atoms with Crippen molar-refractivity contribution < 1.29 is 109 Å². The van der Waals surface area contributed by atoms with Gasteiger partial charge in [0.2, 0.25) is 0 Å². The summed E-state index contributed by atoms with van der Waals surface area (Å²) in [7, 11) is 0. The summed E-state index contributed by atoms with van der Waals surface area (Å²) in [6, 6.07) is 0. The minimum Gasteiger partial charge on any atom is -1.00 e. The first kappa shape index (κ1) is 29.3. The van der Waals surface area contributed by atoms with Crippen LogP contribution < -0.4 is 37.7 Å². The van der Waals surface area contributed by atoms with E-state index >= 15 is 0 Å². The van der Waals surface area contributed by atoms with E-state index in [1.165, 1.54) is 0 Å². The summed E-state index contributed by atoms with van der Waals surface area (Å²) >= 11 is 0. The largest absolute Gasteiger partial charge is 1.00 e. The van der Waals surface area contributed by atoms with Gasteiger partial charge in [0.15, 0.2) is 0 Å². The molecule has 0 saturated heterocycles. The van der Waals surface area contributed by atoms with Gasteiger partial charge in [-0.2, -0.15) is 0 Å². The van der Waals surface area contributed by atoms with E-state index in [1.807, 2.05) is 0 Å². The molecule has 0 aromatic carbocycles. The van der Waals surface area contributed by atoms with E-state index < -0.39 is 18.5 Å². The van der Waals surface area contributed by atoms with Crippen LogP contribution in [0.15, 0.2) is 0 Å². The van der Waals surface area contributed by atoms with Crippen molar-refractivity contribution in [3.63, 3.8) is 0 Å². The smallest absolute Gasteiger partial charge is 1.00 e. The summed E-state index contributed by atoms with van der Waals surface area (Å²) < 4.78 is 6.47. The summed E-state index contributed by atoms with van der Waals surface area (Å²) in [6.45, 7) is 0. The Kier molecular flexibility index (Phi) is 33.2. The summed E-state index contributed by atoms with van der Waals surface area (Å²) in [5.74, 6) is 0. The van der Waals surface area contributed by atoms with Crippen LogP contribution >= 0.6 is 0 Å². The number of carbonyl (C=O) groups is 3. The Hall–Kier alpha value is 0.444. The van der Waals surface area contributed by atoms with Crippen LogP contribution in [-0.4, -0.2) is 28.7 Å². The van der Waals surface area contributed by atoms with Crippen molar-refractivity contribution in [3.05, 3.63) is 0 Å². The molecule has 2 radical (unpaired) electrons. The third kappa shape index (κ3) is 22.9. The van der Waals surface area contributed by atoms with Gasteiger partial charge in [-0.1, -0.05) is 0 Å². The zero-order chi connectivity index (χ0) is 8.15. The Morgan fingerprint density at radius 3 is 1.21 bits per heavy atom. The zero-order valence-corrected chi connectivity index (χ0v) is 9.55. The van der Waals surface area contributed by atoms with Crippen LogP contribution in [0, 0.1) is 0 Å². The number of hydrogen-bond donors (Lipinski definition) is 2. The molecular weight excluding hydrogens is 272 g/mol. The standard InChI is InChI=1S/C3H2O7.2Li.2Mn.2H/c4-1(5)9-3(8)10-2(6)7;;;;;;/h(H,4,5)(H,6,7);;;;;;/q;2*+1;;;2*-1. The van der Waals surface area contributed by atoms with Crippen LogP contribution in [0.5, 0.6) is 0 Å². The van der Waals surface area contributed by atoms with Gasteiger partial charge in [-0.25, -0.2) is 14.4 Å². The third-order valence-corrected chi connectivity index (χ3v) is 0.341. The first-order valence-corrected chi connectivity index (χ1v) is 1.88. The van der Waals surface area contributed by atoms with E-state index in [0.29, 0.717) is 0 Å². The topological polar surface area (TPSA) is 110 Å². The summed E-state index contributed by atoms with van der Waals surface area (Å²) in [6.07, 6.45) is -5.64. The van der Waals surface area contributed by atoms with Crippen LogP contribution in [0.4, 0.5) is 14.4 Å². The molecule has 11 heteroatoms. The average Bonchev–Trinajstić information content (AvgIpc) is 1.58.